The van der Waals surface area contributed by atoms with Crippen LogP contribution in [0, 0.1) is 0 Å². The fraction of sp³-hybridized carbons (Fsp3) is 0.700. The molecule has 0 bridgehead atoms. The van der Waals surface area contributed by atoms with Crippen molar-refractivity contribution >= 4 is 23.2 Å². The van der Waals surface area contributed by atoms with Crippen molar-refractivity contribution in [2.24, 2.45) is 4.99 Å². The Hall–Kier alpha value is -1.60. The van der Waals surface area contributed by atoms with Crippen LogP contribution in [-0.2, 0) is 4.79 Å². The first-order valence-electron chi connectivity index (χ1n) is 10.1. The molecule has 1 saturated heterocycles. The first-order chi connectivity index (χ1) is 13.1. The summed E-state index contributed by atoms with van der Waals surface area (Å²) in [5.41, 5.74) is 0. The van der Waals surface area contributed by atoms with Crippen LogP contribution in [-0.4, -0.2) is 68.5 Å². The number of nitrogens with zero attached hydrogens (tertiary/aromatic N) is 3. The topological polar surface area (TPSA) is 60.0 Å². The third kappa shape index (κ3) is 7.50. The van der Waals surface area contributed by atoms with E-state index in [1.165, 1.54) is 11.3 Å². The smallest absolute Gasteiger partial charge is 0.222 e. The van der Waals surface area contributed by atoms with Crippen LogP contribution < -0.4 is 10.6 Å². The predicted molar refractivity (Wildman–Crippen MR) is 114 cm³/mol. The van der Waals surface area contributed by atoms with Gasteiger partial charge in [-0.3, -0.25) is 9.79 Å². The maximum Gasteiger partial charge on any atom is 0.222 e. The molecule has 152 valence electrons. The van der Waals surface area contributed by atoms with E-state index in [0.29, 0.717) is 18.9 Å². The minimum atomic E-state index is 0.287. The van der Waals surface area contributed by atoms with Gasteiger partial charge >= 0.3 is 0 Å². The van der Waals surface area contributed by atoms with E-state index in [-0.39, 0.29) is 6.04 Å². The Morgan fingerprint density at radius 1 is 1.33 bits per heavy atom. The lowest BCUT2D eigenvalue weighted by atomic mass is 10.2. The minimum absolute atomic E-state index is 0.287. The Labute approximate surface area is 168 Å². The van der Waals surface area contributed by atoms with E-state index in [4.69, 9.17) is 4.99 Å². The molecule has 1 aromatic heterocycles. The minimum Gasteiger partial charge on any atom is -0.357 e. The van der Waals surface area contributed by atoms with E-state index >= 15 is 0 Å². The van der Waals surface area contributed by atoms with Crippen molar-refractivity contribution in [2.45, 2.75) is 45.1 Å². The van der Waals surface area contributed by atoms with Crippen molar-refractivity contribution in [3.8, 4) is 0 Å². The quantitative estimate of drug-likeness (QED) is 0.385. The lowest BCUT2D eigenvalue weighted by Crippen LogP contribution is -2.40. The molecule has 0 aliphatic carbocycles. The van der Waals surface area contributed by atoms with Crippen LogP contribution in [0.2, 0.25) is 0 Å². The summed E-state index contributed by atoms with van der Waals surface area (Å²) in [6, 6.07) is 4.55. The Kier molecular flexibility index (Phi) is 9.62. The van der Waals surface area contributed by atoms with E-state index in [1.807, 2.05) is 4.90 Å². The number of amides is 1. The molecule has 2 N–H and O–H groups in total. The lowest BCUT2D eigenvalue weighted by Gasteiger charge is -2.22. The summed E-state index contributed by atoms with van der Waals surface area (Å²) >= 11 is 1.77. The largest absolute Gasteiger partial charge is 0.357 e. The average Bonchev–Trinajstić information content (AvgIpc) is 3.08. The molecule has 6 nitrogen and oxygen atoms in total. The summed E-state index contributed by atoms with van der Waals surface area (Å²) in [4.78, 5) is 22.4. The van der Waals surface area contributed by atoms with Gasteiger partial charge in [0, 0.05) is 37.5 Å². The predicted octanol–water partition coefficient (Wildman–Crippen LogP) is 2.70. The number of aliphatic imine (C=N–C) groups is 1. The van der Waals surface area contributed by atoms with Crippen LogP contribution in [0.15, 0.2) is 22.5 Å². The first-order valence-corrected chi connectivity index (χ1v) is 11.0. The fourth-order valence-electron chi connectivity index (χ4n) is 3.26. The van der Waals surface area contributed by atoms with Gasteiger partial charge in [0.2, 0.25) is 5.91 Å². The second-order valence-electron chi connectivity index (χ2n) is 7.19. The van der Waals surface area contributed by atoms with Gasteiger partial charge in [-0.15, -0.1) is 11.3 Å². The second kappa shape index (κ2) is 12.0. The van der Waals surface area contributed by atoms with E-state index in [1.54, 1.807) is 11.3 Å². The number of hydrogen-bond donors (Lipinski definition) is 2. The number of likely N-dealkylation sites (N-methyl/N-ethyl adjacent to an activating group) is 1. The van der Waals surface area contributed by atoms with Gasteiger partial charge in [0.25, 0.3) is 0 Å². The lowest BCUT2D eigenvalue weighted by molar-refractivity contribution is -0.130. The molecule has 0 saturated carbocycles. The van der Waals surface area contributed by atoms with Crippen molar-refractivity contribution in [1.29, 1.82) is 0 Å². The number of nitrogens with one attached hydrogen (secondary N) is 2. The van der Waals surface area contributed by atoms with Crippen molar-refractivity contribution in [2.75, 3.05) is 46.8 Å². The maximum atomic E-state index is 12.1. The van der Waals surface area contributed by atoms with E-state index < -0.39 is 0 Å². The van der Waals surface area contributed by atoms with Gasteiger partial charge in [0.15, 0.2) is 5.96 Å². The first kappa shape index (κ1) is 21.7. The molecule has 1 amide bonds. The van der Waals surface area contributed by atoms with Gasteiger partial charge in [-0.2, -0.15) is 0 Å². The molecule has 1 aliphatic rings. The molecule has 1 unspecified atom stereocenters. The SMILES string of the molecule is CCNC(=NCC(c1cccs1)N(C)C)NCCCN1CCCCCC1=O. The zero-order valence-corrected chi connectivity index (χ0v) is 17.9. The highest BCUT2D eigenvalue weighted by atomic mass is 32.1. The Bertz CT molecular complexity index is 573. The summed E-state index contributed by atoms with van der Waals surface area (Å²) in [5, 5.41) is 8.85. The monoisotopic (exact) mass is 393 g/mol. The molecule has 1 fully saturated rings. The summed E-state index contributed by atoms with van der Waals surface area (Å²) in [6.45, 7) is 6.20. The normalized spacial score (nSPS) is 17.1. The Balaban J connectivity index is 1.81. The summed E-state index contributed by atoms with van der Waals surface area (Å²) in [5.74, 6) is 1.17. The Morgan fingerprint density at radius 2 is 2.19 bits per heavy atom. The van der Waals surface area contributed by atoms with E-state index in [2.05, 4.69) is 54.1 Å². The van der Waals surface area contributed by atoms with E-state index in [9.17, 15) is 4.79 Å². The molecule has 1 aromatic rings. The molecule has 0 spiro atoms. The zero-order chi connectivity index (χ0) is 19.5. The fourth-order valence-corrected chi connectivity index (χ4v) is 4.17. The number of thiophene rings is 1. The number of rotatable bonds is 9. The zero-order valence-electron chi connectivity index (χ0n) is 17.0. The van der Waals surface area contributed by atoms with Crippen LogP contribution in [0.5, 0.6) is 0 Å². The van der Waals surface area contributed by atoms with Crippen molar-refractivity contribution in [3.63, 3.8) is 0 Å². The third-order valence-electron chi connectivity index (χ3n) is 4.83. The highest BCUT2D eigenvalue weighted by Crippen LogP contribution is 2.23. The van der Waals surface area contributed by atoms with E-state index in [0.717, 1.165) is 51.4 Å². The Morgan fingerprint density at radius 3 is 2.89 bits per heavy atom. The van der Waals surface area contributed by atoms with Crippen LogP contribution in [0.3, 0.4) is 0 Å². The van der Waals surface area contributed by atoms with Gasteiger partial charge in [-0.1, -0.05) is 12.5 Å². The van der Waals surface area contributed by atoms with Crippen molar-refractivity contribution in [3.05, 3.63) is 22.4 Å². The summed E-state index contributed by atoms with van der Waals surface area (Å²) in [7, 11) is 4.19. The summed E-state index contributed by atoms with van der Waals surface area (Å²) < 4.78 is 0. The molecule has 2 rings (SSSR count). The standard InChI is InChI=1S/C20H35N5OS/c1-4-21-20(23-16-17(24(2)3)18-10-8-15-27-18)22-12-9-14-25-13-7-5-6-11-19(25)26/h8,10,15,17H,4-7,9,11-14,16H2,1-3H3,(H2,21,22,23). The van der Waals surface area contributed by atoms with Gasteiger partial charge < -0.3 is 20.4 Å². The number of carbonyl (C=O) groups excluding carboxylic acids is 1. The van der Waals surface area contributed by atoms with Crippen LogP contribution >= 0.6 is 11.3 Å². The highest BCUT2D eigenvalue weighted by Gasteiger charge is 2.16. The van der Waals surface area contributed by atoms with Crippen LogP contribution in [0.1, 0.15) is 49.9 Å². The number of hydrogen-bond acceptors (Lipinski definition) is 4. The summed E-state index contributed by atoms with van der Waals surface area (Å²) in [6.07, 6.45) is 5.01. The maximum absolute atomic E-state index is 12.1. The van der Waals surface area contributed by atoms with Gasteiger partial charge in [0.05, 0.1) is 12.6 Å². The van der Waals surface area contributed by atoms with Gasteiger partial charge in [-0.25, -0.2) is 0 Å². The molecule has 0 aromatic carbocycles. The average molecular weight is 394 g/mol. The van der Waals surface area contributed by atoms with Crippen molar-refractivity contribution < 1.29 is 4.79 Å². The number of guanidine groups is 1. The number of carbonyl (C=O) groups is 1. The van der Waals surface area contributed by atoms with Gasteiger partial charge in [0.1, 0.15) is 0 Å². The van der Waals surface area contributed by atoms with Crippen LogP contribution in [0.4, 0.5) is 0 Å². The third-order valence-corrected chi connectivity index (χ3v) is 5.80. The molecule has 2 heterocycles. The highest BCUT2D eigenvalue weighted by molar-refractivity contribution is 7.10. The molecule has 7 heteroatoms. The molecule has 1 aliphatic heterocycles. The molecule has 1 atom stereocenters. The van der Waals surface area contributed by atoms with Crippen molar-refractivity contribution in [1.82, 2.24) is 20.4 Å². The van der Waals surface area contributed by atoms with Crippen LogP contribution in [0.25, 0.3) is 0 Å². The second-order valence-corrected chi connectivity index (χ2v) is 8.17. The van der Waals surface area contributed by atoms with Gasteiger partial charge in [-0.05, 0) is 51.7 Å². The molecule has 0 radical (unpaired) electrons. The molecular formula is C20H35N5OS. The molecule has 27 heavy (non-hydrogen) atoms. The molecular weight excluding hydrogens is 358 g/mol. The number of likely N-dealkylation sites (tertiary alicyclic amines) is 1.